The zero-order valence-electron chi connectivity index (χ0n) is 9.34. The molecule has 4 N–H and O–H groups in total. The third-order valence-corrected chi connectivity index (χ3v) is 2.37. The number of thiocarbonyl (C=S) groups is 1. The van der Waals surface area contributed by atoms with Crippen molar-refractivity contribution in [2.24, 2.45) is 11.5 Å². The summed E-state index contributed by atoms with van der Waals surface area (Å²) < 4.78 is 0. The molecule has 0 unspecified atom stereocenters. The molecule has 90 valence electrons. The van der Waals surface area contributed by atoms with Crippen LogP contribution in [0, 0.1) is 0 Å². The van der Waals surface area contributed by atoms with Crippen LogP contribution in [0.15, 0.2) is 24.3 Å². The molecule has 6 heteroatoms. The lowest BCUT2D eigenvalue weighted by atomic mass is 10.1. The second-order valence-electron chi connectivity index (χ2n) is 3.57. The smallest absolute Gasteiger partial charge is 0.254 e. The largest absolute Gasteiger partial charge is 0.389 e. The molecule has 0 aliphatic carbocycles. The van der Waals surface area contributed by atoms with E-state index in [1.165, 1.54) is 11.9 Å². The van der Waals surface area contributed by atoms with Crippen molar-refractivity contribution in [3.63, 3.8) is 0 Å². The van der Waals surface area contributed by atoms with Crippen molar-refractivity contribution in [3.8, 4) is 0 Å². The Morgan fingerprint density at radius 3 is 2.41 bits per heavy atom. The maximum absolute atomic E-state index is 11.9. The number of primary amides is 1. The van der Waals surface area contributed by atoms with Crippen LogP contribution in [0.5, 0.6) is 0 Å². The highest BCUT2D eigenvalue weighted by Crippen LogP contribution is 2.07. The minimum atomic E-state index is -0.564. The Morgan fingerprint density at radius 1 is 1.29 bits per heavy atom. The van der Waals surface area contributed by atoms with Gasteiger partial charge in [0.15, 0.2) is 0 Å². The van der Waals surface area contributed by atoms with Crippen LogP contribution >= 0.6 is 12.2 Å². The standard InChI is InChI=1S/C11H13N3O2S/c1-14(6-9(12)15)11(16)8-4-2-3-7(5-8)10(13)17/h2-5H,6H2,1H3,(H2,12,15)(H2,13,17). The summed E-state index contributed by atoms with van der Waals surface area (Å²) in [6.07, 6.45) is 0. The van der Waals surface area contributed by atoms with E-state index in [1.54, 1.807) is 24.3 Å². The normalized spacial score (nSPS) is 9.71. The summed E-state index contributed by atoms with van der Waals surface area (Å²) in [6.45, 7) is -0.129. The Morgan fingerprint density at radius 2 is 1.88 bits per heavy atom. The molecular weight excluding hydrogens is 238 g/mol. The molecule has 5 nitrogen and oxygen atoms in total. The second-order valence-corrected chi connectivity index (χ2v) is 4.01. The first-order valence-electron chi connectivity index (χ1n) is 4.85. The van der Waals surface area contributed by atoms with E-state index in [0.717, 1.165) is 0 Å². The van der Waals surface area contributed by atoms with Gasteiger partial charge < -0.3 is 16.4 Å². The van der Waals surface area contributed by atoms with E-state index < -0.39 is 5.91 Å². The van der Waals surface area contributed by atoms with Crippen molar-refractivity contribution >= 4 is 29.0 Å². The van der Waals surface area contributed by atoms with E-state index in [4.69, 9.17) is 23.7 Å². The minimum absolute atomic E-state index is 0.129. The minimum Gasteiger partial charge on any atom is -0.389 e. The van der Waals surface area contributed by atoms with Crippen molar-refractivity contribution in [2.75, 3.05) is 13.6 Å². The van der Waals surface area contributed by atoms with Gasteiger partial charge in [-0.25, -0.2) is 0 Å². The lowest BCUT2D eigenvalue weighted by molar-refractivity contribution is -0.118. The maximum Gasteiger partial charge on any atom is 0.254 e. The van der Waals surface area contributed by atoms with Gasteiger partial charge in [-0.2, -0.15) is 0 Å². The molecule has 0 atom stereocenters. The molecule has 0 heterocycles. The number of carbonyl (C=O) groups excluding carboxylic acids is 2. The number of amides is 2. The van der Waals surface area contributed by atoms with E-state index in [1.807, 2.05) is 0 Å². The van der Waals surface area contributed by atoms with Crippen molar-refractivity contribution in [1.82, 2.24) is 4.90 Å². The Kier molecular flexibility index (Phi) is 4.17. The van der Waals surface area contributed by atoms with Gasteiger partial charge in [-0.1, -0.05) is 24.4 Å². The summed E-state index contributed by atoms with van der Waals surface area (Å²) in [5.41, 5.74) is 11.5. The van der Waals surface area contributed by atoms with Gasteiger partial charge in [-0.05, 0) is 12.1 Å². The third-order valence-electron chi connectivity index (χ3n) is 2.13. The SMILES string of the molecule is CN(CC(N)=O)C(=O)c1cccc(C(N)=S)c1. The van der Waals surface area contributed by atoms with Gasteiger partial charge in [0.2, 0.25) is 5.91 Å². The first-order chi connectivity index (χ1) is 7.91. The van der Waals surface area contributed by atoms with Gasteiger partial charge >= 0.3 is 0 Å². The van der Waals surface area contributed by atoms with Gasteiger partial charge in [-0.3, -0.25) is 9.59 Å². The number of likely N-dealkylation sites (N-methyl/N-ethyl adjacent to an activating group) is 1. The van der Waals surface area contributed by atoms with Gasteiger partial charge in [0.1, 0.15) is 4.99 Å². The van der Waals surface area contributed by atoms with Crippen LogP contribution in [0.4, 0.5) is 0 Å². The molecule has 1 rings (SSSR count). The average Bonchev–Trinajstić information content (AvgIpc) is 2.27. The fraction of sp³-hybridized carbons (Fsp3) is 0.182. The molecule has 1 aromatic rings. The van der Waals surface area contributed by atoms with E-state index in [-0.39, 0.29) is 17.4 Å². The Balaban J connectivity index is 2.92. The third kappa shape index (κ3) is 3.53. The summed E-state index contributed by atoms with van der Waals surface area (Å²) in [4.78, 5) is 24.1. The lowest BCUT2D eigenvalue weighted by Crippen LogP contribution is -2.35. The van der Waals surface area contributed by atoms with Crippen LogP contribution in [0.3, 0.4) is 0 Å². The summed E-state index contributed by atoms with van der Waals surface area (Å²) in [6, 6.07) is 6.61. The summed E-state index contributed by atoms with van der Waals surface area (Å²) >= 11 is 4.82. The summed E-state index contributed by atoms with van der Waals surface area (Å²) in [5.74, 6) is -0.867. The molecule has 2 amide bonds. The van der Waals surface area contributed by atoms with Crippen molar-refractivity contribution in [2.45, 2.75) is 0 Å². The van der Waals surface area contributed by atoms with Crippen LogP contribution in [0.1, 0.15) is 15.9 Å². The molecule has 0 aliphatic heterocycles. The molecular formula is C11H13N3O2S. The van der Waals surface area contributed by atoms with Gasteiger partial charge in [0.05, 0.1) is 6.54 Å². The highest BCUT2D eigenvalue weighted by atomic mass is 32.1. The number of carbonyl (C=O) groups is 2. The topological polar surface area (TPSA) is 89.4 Å². The predicted molar refractivity (Wildman–Crippen MR) is 68.5 cm³/mol. The molecule has 0 bridgehead atoms. The number of nitrogens with two attached hydrogens (primary N) is 2. The molecule has 0 saturated carbocycles. The first-order valence-corrected chi connectivity index (χ1v) is 5.26. The zero-order valence-corrected chi connectivity index (χ0v) is 10.2. The van der Waals surface area contributed by atoms with Gasteiger partial charge in [0, 0.05) is 18.2 Å². The van der Waals surface area contributed by atoms with Crippen molar-refractivity contribution in [1.29, 1.82) is 0 Å². The molecule has 0 aromatic heterocycles. The quantitative estimate of drug-likeness (QED) is 0.730. The number of rotatable bonds is 4. The fourth-order valence-corrected chi connectivity index (χ4v) is 1.46. The van der Waals surface area contributed by atoms with Crippen molar-refractivity contribution in [3.05, 3.63) is 35.4 Å². The van der Waals surface area contributed by atoms with Crippen LogP contribution in [-0.2, 0) is 4.79 Å². The average molecular weight is 251 g/mol. The van der Waals surface area contributed by atoms with E-state index in [2.05, 4.69) is 0 Å². The van der Waals surface area contributed by atoms with Crippen LogP contribution in [0.2, 0.25) is 0 Å². The highest BCUT2D eigenvalue weighted by Gasteiger charge is 2.13. The van der Waals surface area contributed by atoms with E-state index >= 15 is 0 Å². The predicted octanol–water partition coefficient (Wildman–Crippen LogP) is -0.122. The Hall–Kier alpha value is -1.95. The molecule has 17 heavy (non-hydrogen) atoms. The first kappa shape index (κ1) is 13.1. The van der Waals surface area contributed by atoms with E-state index in [0.29, 0.717) is 11.1 Å². The lowest BCUT2D eigenvalue weighted by Gasteiger charge is -2.15. The number of hydrogen-bond donors (Lipinski definition) is 2. The molecule has 0 saturated heterocycles. The zero-order chi connectivity index (χ0) is 13.0. The fourth-order valence-electron chi connectivity index (χ4n) is 1.33. The van der Waals surface area contributed by atoms with E-state index in [9.17, 15) is 9.59 Å². The number of hydrogen-bond acceptors (Lipinski definition) is 3. The van der Waals surface area contributed by atoms with Crippen LogP contribution < -0.4 is 11.5 Å². The summed E-state index contributed by atoms with van der Waals surface area (Å²) in [5, 5.41) is 0. The summed E-state index contributed by atoms with van der Waals surface area (Å²) in [7, 11) is 1.50. The Labute approximate surface area is 104 Å². The molecule has 0 aliphatic rings. The van der Waals surface area contributed by atoms with Crippen LogP contribution in [0.25, 0.3) is 0 Å². The molecule has 0 fully saturated rings. The monoisotopic (exact) mass is 251 g/mol. The number of nitrogens with zero attached hydrogens (tertiary/aromatic N) is 1. The Bertz CT molecular complexity index is 474. The highest BCUT2D eigenvalue weighted by molar-refractivity contribution is 7.80. The van der Waals surface area contributed by atoms with Crippen molar-refractivity contribution < 1.29 is 9.59 Å². The molecule has 1 aromatic carbocycles. The number of benzene rings is 1. The van der Waals surface area contributed by atoms with Crippen LogP contribution in [-0.4, -0.2) is 35.3 Å². The van der Waals surface area contributed by atoms with Gasteiger partial charge in [0.25, 0.3) is 5.91 Å². The second kappa shape index (κ2) is 5.40. The molecule has 0 spiro atoms. The maximum atomic E-state index is 11.9. The molecule has 0 radical (unpaired) electrons. The van der Waals surface area contributed by atoms with Gasteiger partial charge in [-0.15, -0.1) is 0 Å².